The van der Waals surface area contributed by atoms with Crippen LogP contribution < -0.4 is 10.2 Å². The van der Waals surface area contributed by atoms with Gasteiger partial charge in [0.05, 0.1) is 11.6 Å². The maximum absolute atomic E-state index is 12.8. The first kappa shape index (κ1) is 20.3. The number of rotatable bonds is 5. The molecule has 1 aliphatic rings. The number of amides is 2. The lowest BCUT2D eigenvalue weighted by atomic mass is 10.1. The fraction of sp³-hybridized carbons (Fsp3) is 0.292. The van der Waals surface area contributed by atoms with Crippen LogP contribution in [0.1, 0.15) is 30.0 Å². The molecule has 0 aliphatic carbocycles. The number of anilines is 2. The normalized spacial score (nSPS) is 16.2. The van der Waals surface area contributed by atoms with Crippen molar-refractivity contribution in [2.24, 2.45) is 5.92 Å². The van der Waals surface area contributed by atoms with Crippen molar-refractivity contribution < 1.29 is 9.59 Å². The maximum Gasteiger partial charge on any atom is 0.231 e. The molecular formula is C24H25N3O2S. The number of thiazole rings is 1. The number of carbonyl (C=O) groups is 2. The van der Waals surface area contributed by atoms with Gasteiger partial charge in [0.1, 0.15) is 0 Å². The van der Waals surface area contributed by atoms with Crippen molar-refractivity contribution in [1.82, 2.24) is 4.98 Å². The van der Waals surface area contributed by atoms with Crippen LogP contribution in [0.3, 0.4) is 0 Å². The molecule has 5 nitrogen and oxygen atoms in total. The standard InChI is InChI=1S/C24H25N3O2S/c1-4-17-8-10-18(11-9-17)20-14-30-24(25-20)26-23(29)19-12-22(28)27(13-19)21-7-5-6-15(2)16(21)3/h5-11,14,19H,4,12-13H2,1-3H3,(H,25,26,29)/t19-/m0/s1. The molecule has 0 radical (unpaired) electrons. The fourth-order valence-corrected chi connectivity index (χ4v) is 4.45. The number of aryl methyl sites for hydroxylation is 2. The van der Waals surface area contributed by atoms with E-state index < -0.39 is 0 Å². The number of carbonyl (C=O) groups excluding carboxylic acids is 2. The average molecular weight is 420 g/mol. The Morgan fingerprint density at radius 3 is 2.70 bits per heavy atom. The number of benzene rings is 2. The average Bonchev–Trinajstić information content (AvgIpc) is 3.37. The van der Waals surface area contributed by atoms with E-state index >= 15 is 0 Å². The zero-order valence-corrected chi connectivity index (χ0v) is 18.3. The van der Waals surface area contributed by atoms with Crippen LogP contribution in [-0.4, -0.2) is 23.3 Å². The number of nitrogens with one attached hydrogen (secondary N) is 1. The minimum Gasteiger partial charge on any atom is -0.311 e. The van der Waals surface area contributed by atoms with Crippen LogP contribution in [0.25, 0.3) is 11.3 Å². The highest BCUT2D eigenvalue weighted by Crippen LogP contribution is 2.31. The number of nitrogens with zero attached hydrogens (tertiary/aromatic N) is 2. The Kier molecular flexibility index (Phi) is 5.68. The van der Waals surface area contributed by atoms with E-state index in [0.29, 0.717) is 11.7 Å². The summed E-state index contributed by atoms with van der Waals surface area (Å²) in [6.07, 6.45) is 1.22. The van der Waals surface area contributed by atoms with Gasteiger partial charge in [-0.25, -0.2) is 4.98 Å². The number of hydrogen-bond donors (Lipinski definition) is 1. The van der Waals surface area contributed by atoms with Gasteiger partial charge in [-0.05, 0) is 43.0 Å². The summed E-state index contributed by atoms with van der Waals surface area (Å²) in [5.41, 5.74) is 6.25. The monoisotopic (exact) mass is 419 g/mol. The lowest BCUT2D eigenvalue weighted by Gasteiger charge is -2.20. The first-order valence-electron chi connectivity index (χ1n) is 10.2. The van der Waals surface area contributed by atoms with Gasteiger partial charge in [-0.15, -0.1) is 11.3 Å². The van der Waals surface area contributed by atoms with Crippen molar-refractivity contribution in [2.45, 2.75) is 33.6 Å². The van der Waals surface area contributed by atoms with Gasteiger partial charge < -0.3 is 10.2 Å². The van der Waals surface area contributed by atoms with Gasteiger partial charge in [0.15, 0.2) is 5.13 Å². The summed E-state index contributed by atoms with van der Waals surface area (Å²) in [5.74, 6) is -0.549. The van der Waals surface area contributed by atoms with Crippen molar-refractivity contribution >= 4 is 34.0 Å². The molecule has 1 fully saturated rings. The van der Waals surface area contributed by atoms with Crippen molar-refractivity contribution in [3.05, 3.63) is 64.5 Å². The molecule has 2 aromatic carbocycles. The molecule has 2 heterocycles. The lowest BCUT2D eigenvalue weighted by Crippen LogP contribution is -2.28. The van der Waals surface area contributed by atoms with E-state index in [1.54, 1.807) is 4.90 Å². The molecule has 1 aromatic heterocycles. The Morgan fingerprint density at radius 1 is 1.20 bits per heavy atom. The first-order valence-corrected chi connectivity index (χ1v) is 11.1. The van der Waals surface area contributed by atoms with E-state index in [1.165, 1.54) is 16.9 Å². The summed E-state index contributed by atoms with van der Waals surface area (Å²) < 4.78 is 0. The van der Waals surface area contributed by atoms with Crippen molar-refractivity contribution in [2.75, 3.05) is 16.8 Å². The largest absolute Gasteiger partial charge is 0.311 e. The van der Waals surface area contributed by atoms with E-state index in [4.69, 9.17) is 0 Å². The molecule has 2 amide bonds. The van der Waals surface area contributed by atoms with Crippen molar-refractivity contribution in [1.29, 1.82) is 0 Å². The predicted octanol–water partition coefficient (Wildman–Crippen LogP) is 4.98. The molecule has 6 heteroatoms. The Balaban J connectivity index is 1.44. The van der Waals surface area contributed by atoms with Crippen LogP contribution in [0, 0.1) is 19.8 Å². The second-order valence-corrected chi connectivity index (χ2v) is 8.56. The maximum atomic E-state index is 12.8. The van der Waals surface area contributed by atoms with Crippen LogP contribution in [0.4, 0.5) is 10.8 Å². The Bertz CT molecular complexity index is 1090. The quantitative estimate of drug-likeness (QED) is 0.634. The molecule has 30 heavy (non-hydrogen) atoms. The first-order chi connectivity index (χ1) is 14.5. The molecule has 3 aromatic rings. The van der Waals surface area contributed by atoms with Crippen molar-refractivity contribution in [3.8, 4) is 11.3 Å². The molecule has 0 spiro atoms. The zero-order chi connectivity index (χ0) is 21.3. The molecule has 4 rings (SSSR count). The molecule has 1 atom stereocenters. The lowest BCUT2D eigenvalue weighted by molar-refractivity contribution is -0.122. The van der Waals surface area contributed by atoms with E-state index in [2.05, 4.69) is 41.5 Å². The van der Waals surface area contributed by atoms with Gasteiger partial charge in [-0.3, -0.25) is 9.59 Å². The second kappa shape index (κ2) is 8.40. The van der Waals surface area contributed by atoms with E-state index in [0.717, 1.165) is 34.5 Å². The summed E-state index contributed by atoms with van der Waals surface area (Å²) in [5, 5.41) is 5.41. The predicted molar refractivity (Wildman–Crippen MR) is 122 cm³/mol. The summed E-state index contributed by atoms with van der Waals surface area (Å²) in [7, 11) is 0. The molecular weight excluding hydrogens is 394 g/mol. The fourth-order valence-electron chi connectivity index (χ4n) is 3.73. The van der Waals surface area contributed by atoms with Crippen LogP contribution in [0.5, 0.6) is 0 Å². The third-order valence-electron chi connectivity index (χ3n) is 5.75. The third kappa shape index (κ3) is 4.00. The highest BCUT2D eigenvalue weighted by atomic mass is 32.1. The topological polar surface area (TPSA) is 62.3 Å². The molecule has 154 valence electrons. The van der Waals surface area contributed by atoms with E-state index in [-0.39, 0.29) is 24.2 Å². The number of aromatic nitrogens is 1. The SMILES string of the molecule is CCc1ccc(-c2csc(NC(=O)[C@H]3CC(=O)N(c4cccc(C)c4C)C3)n2)cc1. The van der Waals surface area contributed by atoms with Gasteiger partial charge in [-0.1, -0.05) is 43.3 Å². The van der Waals surface area contributed by atoms with Gasteiger partial charge in [0.2, 0.25) is 11.8 Å². The van der Waals surface area contributed by atoms with Gasteiger partial charge >= 0.3 is 0 Å². The Labute approximate surface area is 180 Å². The van der Waals surface area contributed by atoms with Gasteiger partial charge in [0, 0.05) is 29.6 Å². The van der Waals surface area contributed by atoms with Crippen molar-refractivity contribution in [3.63, 3.8) is 0 Å². The van der Waals surface area contributed by atoms with E-state index in [1.807, 2.05) is 37.4 Å². The van der Waals surface area contributed by atoms with Crippen LogP contribution in [0.15, 0.2) is 47.8 Å². The smallest absolute Gasteiger partial charge is 0.231 e. The molecule has 1 aliphatic heterocycles. The summed E-state index contributed by atoms with van der Waals surface area (Å²) >= 11 is 1.40. The Morgan fingerprint density at radius 2 is 1.97 bits per heavy atom. The van der Waals surface area contributed by atoms with Gasteiger partial charge in [0.25, 0.3) is 0 Å². The number of hydrogen-bond acceptors (Lipinski definition) is 4. The molecule has 0 bridgehead atoms. The van der Waals surface area contributed by atoms with E-state index in [9.17, 15) is 9.59 Å². The van der Waals surface area contributed by atoms with Gasteiger partial charge in [-0.2, -0.15) is 0 Å². The second-order valence-electron chi connectivity index (χ2n) is 7.70. The highest BCUT2D eigenvalue weighted by Gasteiger charge is 2.36. The highest BCUT2D eigenvalue weighted by molar-refractivity contribution is 7.14. The molecule has 0 unspecified atom stereocenters. The minimum atomic E-state index is -0.381. The molecule has 1 saturated heterocycles. The van der Waals surface area contributed by atoms with Crippen LogP contribution in [-0.2, 0) is 16.0 Å². The third-order valence-corrected chi connectivity index (χ3v) is 6.51. The summed E-state index contributed by atoms with van der Waals surface area (Å²) in [6, 6.07) is 14.2. The summed E-state index contributed by atoms with van der Waals surface area (Å²) in [4.78, 5) is 31.7. The minimum absolute atomic E-state index is 0.0142. The summed E-state index contributed by atoms with van der Waals surface area (Å²) in [6.45, 7) is 6.56. The molecule has 1 N–H and O–H groups in total. The van der Waals surface area contributed by atoms with Crippen LogP contribution in [0.2, 0.25) is 0 Å². The van der Waals surface area contributed by atoms with Crippen LogP contribution >= 0.6 is 11.3 Å². The molecule has 0 saturated carbocycles. The Hall–Kier alpha value is -2.99. The zero-order valence-electron chi connectivity index (χ0n) is 17.4.